The zero-order chi connectivity index (χ0) is 13.9. The van der Waals surface area contributed by atoms with Crippen LogP contribution in [0.25, 0.3) is 21.9 Å². The summed E-state index contributed by atoms with van der Waals surface area (Å²) < 4.78 is 6.00. The van der Waals surface area contributed by atoms with Gasteiger partial charge in [0.2, 0.25) is 0 Å². The van der Waals surface area contributed by atoms with Gasteiger partial charge in [0.15, 0.2) is 5.58 Å². The Labute approximate surface area is 117 Å². The van der Waals surface area contributed by atoms with Gasteiger partial charge >= 0.3 is 0 Å². The summed E-state index contributed by atoms with van der Waals surface area (Å²) in [6, 6.07) is 14.2. The van der Waals surface area contributed by atoms with Crippen molar-refractivity contribution in [3.05, 3.63) is 67.6 Å². The maximum atomic E-state index is 6.00. The number of benzene rings is 2. The van der Waals surface area contributed by atoms with Crippen LogP contribution in [0.1, 0.15) is 0 Å². The third-order valence-electron chi connectivity index (χ3n) is 3.26. The van der Waals surface area contributed by atoms with Crippen LogP contribution >= 0.6 is 0 Å². The van der Waals surface area contributed by atoms with E-state index in [-0.39, 0.29) is 0 Å². The Balaban J connectivity index is 2.25. The maximum Gasteiger partial charge on any atom is 0.159 e. The molecule has 3 heteroatoms. The zero-order valence-corrected chi connectivity index (χ0v) is 11.3. The lowest BCUT2D eigenvalue weighted by Crippen LogP contribution is -2.08. The largest absolute Gasteiger partial charge is 0.454 e. The van der Waals surface area contributed by atoms with Gasteiger partial charge in [0.25, 0.3) is 0 Å². The summed E-state index contributed by atoms with van der Waals surface area (Å²) in [5.41, 5.74) is 2.74. The molecule has 0 aliphatic carbocycles. The molecule has 0 fully saturated rings. The highest BCUT2D eigenvalue weighted by molar-refractivity contribution is 6.09. The van der Waals surface area contributed by atoms with Crippen LogP contribution in [0.4, 0.5) is 5.69 Å². The van der Waals surface area contributed by atoms with Crippen molar-refractivity contribution in [3.63, 3.8) is 0 Å². The number of para-hydroxylation sites is 2. The van der Waals surface area contributed by atoms with Crippen molar-refractivity contribution in [2.75, 3.05) is 11.9 Å². The molecule has 0 spiro atoms. The number of furan rings is 1. The maximum absolute atomic E-state index is 6.00. The fourth-order valence-corrected chi connectivity index (χ4v) is 2.33. The molecule has 1 N–H and O–H groups in total. The molecule has 3 nitrogen and oxygen atoms in total. The van der Waals surface area contributed by atoms with E-state index in [0.29, 0.717) is 0 Å². The molecule has 1 aromatic heterocycles. The van der Waals surface area contributed by atoms with Crippen LogP contribution in [-0.2, 0) is 0 Å². The molecule has 0 amide bonds. The fraction of sp³-hybridized carbons (Fsp3) is 0.0588. The van der Waals surface area contributed by atoms with Gasteiger partial charge in [0.1, 0.15) is 5.58 Å². The molecule has 0 radical (unpaired) electrons. The minimum Gasteiger partial charge on any atom is -0.454 e. The van der Waals surface area contributed by atoms with Crippen molar-refractivity contribution in [1.82, 2.24) is 5.32 Å². The highest BCUT2D eigenvalue weighted by atomic mass is 16.3. The second-order valence-electron chi connectivity index (χ2n) is 4.45. The molecular weight excluding hydrogens is 248 g/mol. The molecule has 100 valence electrons. The molecule has 0 aliphatic heterocycles. The predicted molar refractivity (Wildman–Crippen MR) is 84.6 cm³/mol. The van der Waals surface area contributed by atoms with E-state index in [0.717, 1.165) is 27.6 Å². The summed E-state index contributed by atoms with van der Waals surface area (Å²) >= 11 is 0. The van der Waals surface area contributed by atoms with E-state index in [9.17, 15) is 0 Å². The van der Waals surface area contributed by atoms with Crippen molar-refractivity contribution >= 4 is 27.6 Å². The van der Waals surface area contributed by atoms with Crippen LogP contribution in [-0.4, -0.2) is 7.05 Å². The van der Waals surface area contributed by atoms with E-state index in [1.54, 1.807) is 6.20 Å². The third-order valence-corrected chi connectivity index (χ3v) is 3.26. The van der Waals surface area contributed by atoms with Gasteiger partial charge < -0.3 is 14.6 Å². The average Bonchev–Trinajstić information content (AvgIpc) is 2.87. The standard InChI is InChI=1S/C17H16N2O/c1-3-19(12-11-18-2)15-9-6-8-14-13-7-4-5-10-16(13)20-17(14)15/h3-12,18H,1H2,2H3/b12-11-. The first-order valence-electron chi connectivity index (χ1n) is 6.50. The summed E-state index contributed by atoms with van der Waals surface area (Å²) in [4.78, 5) is 1.93. The van der Waals surface area contributed by atoms with Gasteiger partial charge in [0, 0.05) is 36.4 Å². The first-order chi connectivity index (χ1) is 9.85. The molecular formula is C17H16N2O. The number of nitrogens with one attached hydrogen (secondary N) is 1. The highest BCUT2D eigenvalue weighted by Crippen LogP contribution is 2.35. The van der Waals surface area contributed by atoms with Crippen LogP contribution in [0.2, 0.25) is 0 Å². The van der Waals surface area contributed by atoms with Crippen molar-refractivity contribution in [3.8, 4) is 0 Å². The second-order valence-corrected chi connectivity index (χ2v) is 4.45. The minimum atomic E-state index is 0.870. The molecule has 0 saturated carbocycles. The topological polar surface area (TPSA) is 28.4 Å². The van der Waals surface area contributed by atoms with E-state index >= 15 is 0 Å². The monoisotopic (exact) mass is 264 g/mol. The number of hydrogen-bond donors (Lipinski definition) is 1. The van der Waals surface area contributed by atoms with Crippen molar-refractivity contribution < 1.29 is 4.42 Å². The van der Waals surface area contributed by atoms with Gasteiger partial charge in [-0.1, -0.05) is 36.9 Å². The van der Waals surface area contributed by atoms with Crippen LogP contribution in [0.15, 0.2) is 72.1 Å². The van der Waals surface area contributed by atoms with Gasteiger partial charge in [-0.3, -0.25) is 0 Å². The smallest absolute Gasteiger partial charge is 0.159 e. The van der Waals surface area contributed by atoms with Crippen molar-refractivity contribution in [2.24, 2.45) is 0 Å². The molecule has 3 aromatic rings. The minimum absolute atomic E-state index is 0.870. The number of nitrogens with zero attached hydrogens (tertiary/aromatic N) is 1. The molecule has 1 heterocycles. The summed E-state index contributed by atoms with van der Waals surface area (Å²) in [6.45, 7) is 3.86. The van der Waals surface area contributed by atoms with Crippen LogP contribution < -0.4 is 10.2 Å². The summed E-state index contributed by atoms with van der Waals surface area (Å²) in [6.07, 6.45) is 5.52. The van der Waals surface area contributed by atoms with E-state index in [1.807, 2.05) is 54.7 Å². The normalized spacial score (nSPS) is 11.2. The lowest BCUT2D eigenvalue weighted by molar-refractivity contribution is 0.669. The van der Waals surface area contributed by atoms with Gasteiger partial charge in [-0.05, 0) is 12.1 Å². The second kappa shape index (κ2) is 5.13. The van der Waals surface area contributed by atoms with E-state index in [4.69, 9.17) is 4.42 Å². The molecule has 3 rings (SSSR count). The Kier molecular flexibility index (Phi) is 3.17. The number of fused-ring (bicyclic) bond motifs is 3. The number of anilines is 1. The Bertz CT molecular complexity index is 786. The van der Waals surface area contributed by atoms with E-state index in [1.165, 1.54) is 0 Å². The van der Waals surface area contributed by atoms with Crippen molar-refractivity contribution in [2.45, 2.75) is 0 Å². The Morgan fingerprint density at radius 2 is 1.90 bits per heavy atom. The lowest BCUT2D eigenvalue weighted by Gasteiger charge is -2.15. The molecule has 0 unspecified atom stereocenters. The predicted octanol–water partition coefficient (Wildman–Crippen LogP) is 4.23. The quantitative estimate of drug-likeness (QED) is 0.764. The number of hydrogen-bond acceptors (Lipinski definition) is 3. The fourth-order valence-electron chi connectivity index (χ4n) is 2.33. The average molecular weight is 264 g/mol. The Morgan fingerprint density at radius 1 is 1.10 bits per heavy atom. The van der Waals surface area contributed by atoms with Crippen LogP contribution in [0.5, 0.6) is 0 Å². The molecule has 0 saturated heterocycles. The molecule has 2 aromatic carbocycles. The highest BCUT2D eigenvalue weighted by Gasteiger charge is 2.12. The Morgan fingerprint density at radius 3 is 2.70 bits per heavy atom. The van der Waals surface area contributed by atoms with Crippen molar-refractivity contribution in [1.29, 1.82) is 0 Å². The van der Waals surface area contributed by atoms with Crippen LogP contribution in [0.3, 0.4) is 0 Å². The van der Waals surface area contributed by atoms with Gasteiger partial charge in [0.05, 0.1) is 5.69 Å². The molecule has 0 atom stereocenters. The Hall–Kier alpha value is -2.68. The van der Waals surface area contributed by atoms with Gasteiger partial charge in [-0.25, -0.2) is 0 Å². The zero-order valence-electron chi connectivity index (χ0n) is 11.3. The first kappa shape index (κ1) is 12.4. The van der Waals surface area contributed by atoms with Gasteiger partial charge in [-0.2, -0.15) is 0 Å². The summed E-state index contributed by atoms with van der Waals surface area (Å²) in [5.74, 6) is 0. The molecule has 20 heavy (non-hydrogen) atoms. The van der Waals surface area contributed by atoms with Gasteiger partial charge in [-0.15, -0.1) is 0 Å². The van der Waals surface area contributed by atoms with E-state index in [2.05, 4.69) is 24.0 Å². The summed E-state index contributed by atoms with van der Waals surface area (Å²) in [5, 5.41) is 5.22. The number of rotatable bonds is 4. The lowest BCUT2D eigenvalue weighted by atomic mass is 10.1. The van der Waals surface area contributed by atoms with Crippen LogP contribution in [0, 0.1) is 0 Å². The van der Waals surface area contributed by atoms with E-state index < -0.39 is 0 Å². The summed E-state index contributed by atoms with van der Waals surface area (Å²) in [7, 11) is 1.86. The molecule has 0 bridgehead atoms. The third kappa shape index (κ3) is 1.93. The SMILES string of the molecule is C=CN(/C=C\NC)c1cccc2c1oc1ccccc12. The first-order valence-corrected chi connectivity index (χ1v) is 6.50. The molecule has 0 aliphatic rings.